The number of nitrogens with zero attached hydrogens (tertiary/aromatic N) is 4. The lowest BCUT2D eigenvalue weighted by Gasteiger charge is -2.33. The molecule has 0 atom stereocenters. The van der Waals surface area contributed by atoms with E-state index in [-0.39, 0.29) is 23.4 Å². The molecular formula is C16H20F2N4O2S2. The van der Waals surface area contributed by atoms with E-state index in [1.165, 1.54) is 15.6 Å². The van der Waals surface area contributed by atoms with Crippen LogP contribution in [-0.4, -0.2) is 49.1 Å². The third-order valence-electron chi connectivity index (χ3n) is 4.09. The van der Waals surface area contributed by atoms with E-state index in [0.717, 1.165) is 28.3 Å². The zero-order chi connectivity index (χ0) is 19.1. The highest BCUT2D eigenvalue weighted by atomic mass is 32.2. The molecule has 0 spiro atoms. The minimum atomic E-state index is -3.86. The number of anilines is 1. The summed E-state index contributed by atoms with van der Waals surface area (Å²) in [7, 11) is -3.86. The van der Waals surface area contributed by atoms with Gasteiger partial charge in [0.2, 0.25) is 15.2 Å². The lowest BCUT2D eigenvalue weighted by molar-refractivity contribution is 0.384. The van der Waals surface area contributed by atoms with Gasteiger partial charge >= 0.3 is 0 Å². The number of aromatic nitrogens is 2. The number of benzene rings is 1. The standard InChI is InChI=1S/C16H20F2N4O2S2/c1-16(2,3)14-19-20-15(25-14)21-6-8-22(9-7-21)26(23,24)11-4-5-12(17)13(18)10-11/h4-5,10H,6-9H2,1-3H3. The maximum Gasteiger partial charge on any atom is 0.243 e. The summed E-state index contributed by atoms with van der Waals surface area (Å²) in [4.78, 5) is 1.75. The molecule has 1 saturated heterocycles. The van der Waals surface area contributed by atoms with Gasteiger partial charge in [0.05, 0.1) is 4.90 Å². The van der Waals surface area contributed by atoms with Crippen LogP contribution < -0.4 is 4.90 Å². The van der Waals surface area contributed by atoms with Crippen molar-refractivity contribution in [2.75, 3.05) is 31.1 Å². The van der Waals surface area contributed by atoms with Crippen molar-refractivity contribution >= 4 is 26.5 Å². The molecule has 0 radical (unpaired) electrons. The number of rotatable bonds is 3. The third kappa shape index (κ3) is 3.72. The lowest BCUT2D eigenvalue weighted by atomic mass is 9.98. The molecule has 26 heavy (non-hydrogen) atoms. The van der Waals surface area contributed by atoms with Crippen LogP contribution >= 0.6 is 11.3 Å². The molecule has 1 aromatic heterocycles. The Morgan fingerprint density at radius 2 is 1.69 bits per heavy atom. The van der Waals surface area contributed by atoms with Crippen molar-refractivity contribution in [1.82, 2.24) is 14.5 Å². The summed E-state index contributed by atoms with van der Waals surface area (Å²) in [6.07, 6.45) is 0. The molecule has 0 aliphatic carbocycles. The second-order valence-corrected chi connectivity index (χ2v) is 10.0. The average molecular weight is 402 g/mol. The molecular weight excluding hydrogens is 382 g/mol. The van der Waals surface area contributed by atoms with E-state index >= 15 is 0 Å². The van der Waals surface area contributed by atoms with Gasteiger partial charge in [-0.25, -0.2) is 17.2 Å². The van der Waals surface area contributed by atoms with Crippen LogP contribution in [0.4, 0.5) is 13.9 Å². The minimum Gasteiger partial charge on any atom is -0.344 e. The van der Waals surface area contributed by atoms with Crippen molar-refractivity contribution in [3.63, 3.8) is 0 Å². The van der Waals surface area contributed by atoms with Crippen molar-refractivity contribution < 1.29 is 17.2 Å². The smallest absolute Gasteiger partial charge is 0.243 e. The molecule has 0 saturated carbocycles. The second-order valence-electron chi connectivity index (χ2n) is 7.11. The van der Waals surface area contributed by atoms with E-state index in [4.69, 9.17) is 0 Å². The Morgan fingerprint density at radius 3 is 2.23 bits per heavy atom. The van der Waals surface area contributed by atoms with Crippen molar-refractivity contribution in [2.24, 2.45) is 0 Å². The van der Waals surface area contributed by atoms with Gasteiger partial charge in [-0.3, -0.25) is 0 Å². The van der Waals surface area contributed by atoms with Crippen LogP contribution in [0.15, 0.2) is 23.1 Å². The number of halogens is 2. The maximum absolute atomic E-state index is 13.4. The van der Waals surface area contributed by atoms with E-state index in [1.807, 2.05) is 4.90 Å². The Morgan fingerprint density at radius 1 is 1.04 bits per heavy atom. The molecule has 142 valence electrons. The fraction of sp³-hybridized carbons (Fsp3) is 0.500. The third-order valence-corrected chi connectivity index (χ3v) is 7.40. The number of sulfonamides is 1. The molecule has 2 aromatic rings. The van der Waals surface area contributed by atoms with Gasteiger partial charge in [-0.05, 0) is 18.2 Å². The summed E-state index contributed by atoms with van der Waals surface area (Å²) in [6, 6.07) is 2.63. The first kappa shape index (κ1) is 19.1. The predicted molar refractivity (Wildman–Crippen MR) is 95.9 cm³/mol. The molecule has 1 aliphatic rings. The number of hydrogen-bond acceptors (Lipinski definition) is 6. The topological polar surface area (TPSA) is 66.4 Å². The Kier molecular flexibility index (Phi) is 5.02. The van der Waals surface area contributed by atoms with Crippen LogP contribution in [0.5, 0.6) is 0 Å². The zero-order valence-electron chi connectivity index (χ0n) is 14.7. The van der Waals surface area contributed by atoms with Gasteiger partial charge in [0.1, 0.15) is 5.01 Å². The summed E-state index contributed by atoms with van der Waals surface area (Å²) < 4.78 is 53.0. The van der Waals surface area contributed by atoms with E-state index in [0.29, 0.717) is 13.1 Å². The molecule has 10 heteroatoms. The van der Waals surface area contributed by atoms with Crippen LogP contribution in [0.1, 0.15) is 25.8 Å². The largest absolute Gasteiger partial charge is 0.344 e. The first-order chi connectivity index (χ1) is 12.1. The van der Waals surface area contributed by atoms with Gasteiger partial charge in [-0.2, -0.15) is 4.31 Å². The molecule has 0 unspecified atom stereocenters. The summed E-state index contributed by atoms with van der Waals surface area (Å²) in [5, 5.41) is 10.1. The van der Waals surface area contributed by atoms with Gasteiger partial charge in [0, 0.05) is 31.6 Å². The number of hydrogen-bond donors (Lipinski definition) is 0. The summed E-state index contributed by atoms with van der Waals surface area (Å²) >= 11 is 1.50. The van der Waals surface area contributed by atoms with Gasteiger partial charge in [0.25, 0.3) is 0 Å². The van der Waals surface area contributed by atoms with Gasteiger partial charge < -0.3 is 4.90 Å². The van der Waals surface area contributed by atoms with Crippen molar-refractivity contribution in [2.45, 2.75) is 31.1 Å². The maximum atomic E-state index is 13.4. The first-order valence-corrected chi connectivity index (χ1v) is 10.4. The second kappa shape index (κ2) is 6.82. The number of piperazine rings is 1. The van der Waals surface area contributed by atoms with Crippen LogP contribution in [0, 0.1) is 11.6 Å². The molecule has 1 fully saturated rings. The van der Waals surface area contributed by atoms with Crippen LogP contribution in [0.25, 0.3) is 0 Å². The first-order valence-electron chi connectivity index (χ1n) is 8.13. The van der Waals surface area contributed by atoms with Crippen molar-refractivity contribution in [3.8, 4) is 0 Å². The van der Waals surface area contributed by atoms with Crippen molar-refractivity contribution in [1.29, 1.82) is 0 Å². The van der Waals surface area contributed by atoms with Crippen LogP contribution in [0.2, 0.25) is 0 Å². The average Bonchev–Trinajstić information content (AvgIpc) is 3.08. The zero-order valence-corrected chi connectivity index (χ0v) is 16.4. The highest BCUT2D eigenvalue weighted by molar-refractivity contribution is 7.89. The summed E-state index contributed by atoms with van der Waals surface area (Å²) in [5.74, 6) is -2.24. The Bertz CT molecular complexity index is 901. The van der Waals surface area contributed by atoms with Crippen LogP contribution in [0.3, 0.4) is 0 Å². The summed E-state index contributed by atoms with van der Waals surface area (Å²) in [5.41, 5.74) is -0.0895. The highest BCUT2D eigenvalue weighted by Crippen LogP contribution is 2.30. The quantitative estimate of drug-likeness (QED) is 0.790. The summed E-state index contributed by atoms with van der Waals surface area (Å²) in [6.45, 7) is 7.58. The molecule has 3 rings (SSSR count). The van der Waals surface area contributed by atoms with Gasteiger partial charge in [-0.15, -0.1) is 10.2 Å². The Balaban J connectivity index is 1.71. The minimum absolute atomic E-state index is 0.0895. The molecule has 2 heterocycles. The monoisotopic (exact) mass is 402 g/mol. The Labute approximate surface area is 155 Å². The lowest BCUT2D eigenvalue weighted by Crippen LogP contribution is -2.48. The SMILES string of the molecule is CC(C)(C)c1nnc(N2CCN(S(=O)(=O)c3ccc(F)c(F)c3)CC2)s1. The molecule has 6 nitrogen and oxygen atoms in total. The van der Waals surface area contributed by atoms with Crippen molar-refractivity contribution in [3.05, 3.63) is 34.8 Å². The van der Waals surface area contributed by atoms with E-state index in [2.05, 4.69) is 31.0 Å². The molecule has 1 aromatic carbocycles. The van der Waals surface area contributed by atoms with Crippen LogP contribution in [-0.2, 0) is 15.4 Å². The fourth-order valence-electron chi connectivity index (χ4n) is 2.55. The Hall–Kier alpha value is -1.65. The highest BCUT2D eigenvalue weighted by Gasteiger charge is 2.31. The molecule has 0 amide bonds. The normalized spacial score (nSPS) is 16.9. The molecule has 0 N–H and O–H groups in total. The van der Waals surface area contributed by atoms with Gasteiger partial charge in [-0.1, -0.05) is 32.1 Å². The van der Waals surface area contributed by atoms with E-state index in [1.54, 1.807) is 0 Å². The van der Waals surface area contributed by atoms with E-state index in [9.17, 15) is 17.2 Å². The van der Waals surface area contributed by atoms with E-state index < -0.39 is 21.7 Å². The van der Waals surface area contributed by atoms with Gasteiger partial charge in [0.15, 0.2) is 11.6 Å². The molecule has 0 bridgehead atoms. The predicted octanol–water partition coefficient (Wildman–Crippen LogP) is 2.62. The fourth-order valence-corrected chi connectivity index (χ4v) is 4.94. The molecule has 1 aliphatic heterocycles.